The lowest BCUT2D eigenvalue weighted by Crippen LogP contribution is -1.98. The van der Waals surface area contributed by atoms with Gasteiger partial charge in [0.2, 0.25) is 0 Å². The molecule has 2 aromatic rings. The lowest BCUT2D eigenvalue weighted by molar-refractivity contribution is 1.03. The summed E-state index contributed by atoms with van der Waals surface area (Å²) in [5, 5.41) is 0.739. The van der Waals surface area contributed by atoms with E-state index < -0.39 is 0 Å². The Morgan fingerprint density at radius 3 is 2.82 bits per heavy atom. The van der Waals surface area contributed by atoms with Crippen molar-refractivity contribution >= 4 is 45.1 Å². The molecule has 0 unspecified atom stereocenters. The summed E-state index contributed by atoms with van der Waals surface area (Å²) in [4.78, 5) is 9.37. The summed E-state index contributed by atoms with van der Waals surface area (Å²) in [7, 11) is 0. The van der Waals surface area contributed by atoms with Crippen LogP contribution in [0.5, 0.6) is 0 Å². The highest BCUT2D eigenvalue weighted by Crippen LogP contribution is 2.29. The van der Waals surface area contributed by atoms with E-state index in [2.05, 4.69) is 25.9 Å². The number of hydrogen-bond acceptors (Lipinski definition) is 4. The third kappa shape index (κ3) is 3.34. The molecule has 0 atom stereocenters. The van der Waals surface area contributed by atoms with Gasteiger partial charge in [-0.05, 0) is 28.1 Å². The first kappa shape index (κ1) is 12.7. The zero-order valence-electron chi connectivity index (χ0n) is 8.73. The average Bonchev–Trinajstić information content (AvgIpc) is 2.32. The molecule has 2 N–H and O–H groups in total. The average molecular weight is 331 g/mol. The quantitative estimate of drug-likeness (QED) is 0.870. The molecule has 0 amide bonds. The molecule has 3 nitrogen and oxygen atoms in total. The van der Waals surface area contributed by atoms with Crippen molar-refractivity contribution in [1.29, 1.82) is 0 Å². The lowest BCUT2D eigenvalue weighted by Gasteiger charge is -2.04. The predicted octanol–water partition coefficient (Wildman–Crippen LogP) is 3.77. The lowest BCUT2D eigenvalue weighted by atomic mass is 10.4. The summed E-state index contributed by atoms with van der Waals surface area (Å²) in [6, 6.07) is 7.68. The Morgan fingerprint density at radius 1 is 1.35 bits per heavy atom. The molecule has 0 aliphatic rings. The zero-order chi connectivity index (χ0) is 12.3. The van der Waals surface area contributed by atoms with Crippen LogP contribution in [0.2, 0.25) is 5.02 Å². The van der Waals surface area contributed by atoms with Crippen molar-refractivity contribution in [3.63, 3.8) is 0 Å². The van der Waals surface area contributed by atoms with Gasteiger partial charge in [0.15, 0.2) is 0 Å². The third-order valence-electron chi connectivity index (χ3n) is 2.01. The van der Waals surface area contributed by atoms with Gasteiger partial charge in [-0.15, -0.1) is 11.8 Å². The molecule has 0 aliphatic heterocycles. The number of nitrogen functional groups attached to an aromatic ring is 1. The van der Waals surface area contributed by atoms with Crippen LogP contribution < -0.4 is 5.73 Å². The maximum absolute atomic E-state index is 6.05. The van der Waals surface area contributed by atoms with E-state index in [1.165, 1.54) is 0 Å². The fourth-order valence-corrected chi connectivity index (χ4v) is 2.49. The number of thioether (sulfide) groups is 1. The molecule has 1 heterocycles. The Kier molecular flexibility index (Phi) is 4.25. The second kappa shape index (κ2) is 5.71. The summed E-state index contributed by atoms with van der Waals surface area (Å²) >= 11 is 10.9. The summed E-state index contributed by atoms with van der Waals surface area (Å²) < 4.78 is 0.712. The standard InChI is InChI=1S/C11H9BrClN3S/c12-7-5-15-10(16-11(7)14)6-17-9-4-2-1-3-8(9)13/h1-5H,6H2,(H2,14,15,16). The minimum Gasteiger partial charge on any atom is -0.383 e. The molecule has 17 heavy (non-hydrogen) atoms. The van der Waals surface area contributed by atoms with Gasteiger partial charge in [0, 0.05) is 11.1 Å². The van der Waals surface area contributed by atoms with Crippen LogP contribution in [0.25, 0.3) is 0 Å². The fourth-order valence-electron chi connectivity index (χ4n) is 1.19. The largest absolute Gasteiger partial charge is 0.383 e. The van der Waals surface area contributed by atoms with Gasteiger partial charge in [0.25, 0.3) is 0 Å². The molecule has 0 bridgehead atoms. The number of benzene rings is 1. The number of rotatable bonds is 3. The molecular formula is C11H9BrClN3S. The topological polar surface area (TPSA) is 51.8 Å². The number of nitrogens with zero attached hydrogens (tertiary/aromatic N) is 2. The maximum atomic E-state index is 6.05. The van der Waals surface area contributed by atoms with Crippen molar-refractivity contribution < 1.29 is 0 Å². The first-order valence-electron chi connectivity index (χ1n) is 4.81. The second-order valence-electron chi connectivity index (χ2n) is 3.24. The number of anilines is 1. The van der Waals surface area contributed by atoms with Crippen LogP contribution in [0.15, 0.2) is 39.8 Å². The van der Waals surface area contributed by atoms with Gasteiger partial charge in [-0.2, -0.15) is 0 Å². The van der Waals surface area contributed by atoms with Gasteiger partial charge in [-0.1, -0.05) is 23.7 Å². The van der Waals surface area contributed by atoms with E-state index in [4.69, 9.17) is 17.3 Å². The van der Waals surface area contributed by atoms with E-state index in [1.54, 1.807) is 18.0 Å². The molecule has 0 radical (unpaired) electrons. The summed E-state index contributed by atoms with van der Waals surface area (Å²) in [6.07, 6.45) is 1.66. The first-order chi connectivity index (χ1) is 8.16. The normalized spacial score (nSPS) is 10.5. The summed E-state index contributed by atoms with van der Waals surface area (Å²) in [5.41, 5.74) is 5.69. The van der Waals surface area contributed by atoms with Gasteiger partial charge >= 0.3 is 0 Å². The SMILES string of the molecule is Nc1nc(CSc2ccccc2Cl)ncc1Br. The van der Waals surface area contributed by atoms with Crippen molar-refractivity contribution in [2.75, 3.05) is 5.73 Å². The van der Waals surface area contributed by atoms with Crippen LogP contribution in [0, 0.1) is 0 Å². The van der Waals surface area contributed by atoms with Crippen LogP contribution >= 0.6 is 39.3 Å². The van der Waals surface area contributed by atoms with E-state index in [0.29, 0.717) is 21.9 Å². The van der Waals surface area contributed by atoms with Gasteiger partial charge in [0.05, 0.1) is 15.2 Å². The van der Waals surface area contributed by atoms with E-state index in [-0.39, 0.29) is 0 Å². The Balaban J connectivity index is 2.08. The smallest absolute Gasteiger partial charge is 0.141 e. The number of aromatic nitrogens is 2. The highest BCUT2D eigenvalue weighted by molar-refractivity contribution is 9.10. The first-order valence-corrected chi connectivity index (χ1v) is 6.96. The fraction of sp³-hybridized carbons (Fsp3) is 0.0909. The molecule has 88 valence electrons. The minimum absolute atomic E-state index is 0.453. The van der Waals surface area contributed by atoms with Crippen molar-refractivity contribution in [2.45, 2.75) is 10.6 Å². The Morgan fingerprint density at radius 2 is 2.12 bits per heavy atom. The van der Waals surface area contributed by atoms with Gasteiger partial charge < -0.3 is 5.73 Å². The van der Waals surface area contributed by atoms with Gasteiger partial charge in [-0.25, -0.2) is 9.97 Å². The molecule has 0 saturated carbocycles. The van der Waals surface area contributed by atoms with E-state index in [9.17, 15) is 0 Å². The van der Waals surface area contributed by atoms with E-state index in [1.807, 2.05) is 24.3 Å². The molecule has 0 aliphatic carbocycles. The minimum atomic E-state index is 0.453. The van der Waals surface area contributed by atoms with Gasteiger partial charge in [0.1, 0.15) is 11.6 Å². The molecule has 6 heteroatoms. The number of halogens is 2. The van der Waals surface area contributed by atoms with E-state index in [0.717, 1.165) is 9.92 Å². The van der Waals surface area contributed by atoms with E-state index >= 15 is 0 Å². The van der Waals surface area contributed by atoms with Crippen LogP contribution in [0.4, 0.5) is 5.82 Å². The van der Waals surface area contributed by atoms with Crippen molar-refractivity contribution in [1.82, 2.24) is 9.97 Å². The van der Waals surface area contributed by atoms with Crippen molar-refractivity contribution in [3.8, 4) is 0 Å². The Labute approximate surface area is 117 Å². The molecule has 1 aromatic carbocycles. The van der Waals surface area contributed by atoms with Crippen molar-refractivity contribution in [3.05, 3.63) is 45.8 Å². The molecule has 0 spiro atoms. The zero-order valence-corrected chi connectivity index (χ0v) is 11.9. The predicted molar refractivity (Wildman–Crippen MR) is 75.2 cm³/mol. The molecular weight excluding hydrogens is 322 g/mol. The second-order valence-corrected chi connectivity index (χ2v) is 5.52. The van der Waals surface area contributed by atoms with Gasteiger partial charge in [-0.3, -0.25) is 0 Å². The number of hydrogen-bond donors (Lipinski definition) is 1. The Hall–Kier alpha value is -0.780. The highest BCUT2D eigenvalue weighted by atomic mass is 79.9. The Bertz CT molecular complexity index is 536. The van der Waals surface area contributed by atoms with Crippen LogP contribution in [-0.4, -0.2) is 9.97 Å². The molecule has 2 rings (SSSR count). The van der Waals surface area contributed by atoms with Crippen molar-refractivity contribution in [2.24, 2.45) is 0 Å². The maximum Gasteiger partial charge on any atom is 0.141 e. The van der Waals surface area contributed by atoms with Crippen LogP contribution in [-0.2, 0) is 5.75 Å². The number of nitrogens with two attached hydrogens (primary N) is 1. The summed E-state index contributed by atoms with van der Waals surface area (Å²) in [6.45, 7) is 0. The highest BCUT2D eigenvalue weighted by Gasteiger charge is 2.04. The third-order valence-corrected chi connectivity index (χ3v) is 4.14. The van der Waals surface area contributed by atoms with Crippen LogP contribution in [0.3, 0.4) is 0 Å². The molecule has 0 fully saturated rings. The monoisotopic (exact) mass is 329 g/mol. The molecule has 0 saturated heterocycles. The summed E-state index contributed by atoms with van der Waals surface area (Å²) in [5.74, 6) is 1.78. The van der Waals surface area contributed by atoms with Crippen LogP contribution in [0.1, 0.15) is 5.82 Å². The molecule has 1 aromatic heterocycles.